The predicted octanol–water partition coefficient (Wildman–Crippen LogP) is 5.56. The third-order valence-electron chi connectivity index (χ3n) is 4.41. The first kappa shape index (κ1) is 19.3. The van der Waals surface area contributed by atoms with Crippen LogP contribution >= 0.6 is 13.4 Å². The third-order valence-corrected chi connectivity index (χ3v) is 18.3. The molecule has 0 saturated carbocycles. The highest BCUT2D eigenvalue weighted by Gasteiger charge is 2.58. The van der Waals surface area contributed by atoms with Gasteiger partial charge in [0.1, 0.15) is 0 Å². The second kappa shape index (κ2) is 5.25. The number of rotatable bonds is 2. The van der Waals surface area contributed by atoms with Crippen LogP contribution in [0, 0.1) is 10.8 Å². The largest absolute Gasteiger partial charge is 0.103 e. The van der Waals surface area contributed by atoms with Crippen LogP contribution in [-0.2, 0) is 23.6 Å². The average molecular weight is 326 g/mol. The molecule has 4 heteroatoms. The van der Waals surface area contributed by atoms with Crippen LogP contribution in [0.15, 0.2) is 0 Å². The van der Waals surface area contributed by atoms with E-state index in [4.69, 9.17) is 23.6 Å². The summed E-state index contributed by atoms with van der Waals surface area (Å²) in [7, 11) is -0.0836. The van der Waals surface area contributed by atoms with Gasteiger partial charge in [-0.25, -0.2) is 0 Å². The van der Waals surface area contributed by atoms with Gasteiger partial charge in [-0.05, 0) is 28.7 Å². The summed E-state index contributed by atoms with van der Waals surface area (Å²) in [5, 5.41) is 0.175. The molecule has 0 aliphatic carbocycles. The fourth-order valence-corrected chi connectivity index (χ4v) is 16.4. The Hall–Kier alpha value is 1.30. The minimum atomic E-state index is -1.59. The maximum absolute atomic E-state index is 6.28. The van der Waals surface area contributed by atoms with Crippen LogP contribution in [0.3, 0.4) is 0 Å². The van der Waals surface area contributed by atoms with E-state index in [0.717, 1.165) is 0 Å². The van der Waals surface area contributed by atoms with E-state index in [1.165, 1.54) is 0 Å². The zero-order valence-corrected chi connectivity index (χ0v) is 17.5. The summed E-state index contributed by atoms with van der Waals surface area (Å²) < 4.78 is 0. The quantitative estimate of drug-likeness (QED) is 0.610. The summed E-state index contributed by atoms with van der Waals surface area (Å²) >= 11 is 12.0. The molecule has 0 amide bonds. The maximum Gasteiger partial charge on any atom is 0.0335 e. The highest BCUT2D eigenvalue weighted by Crippen LogP contribution is 2.78. The fourth-order valence-electron chi connectivity index (χ4n) is 3.39. The SMILES string of the molecule is CC(C)(C)C([PH2]=S)(C(C)(C)C)[P@](C)(=S)C(C)(C)C. The molecule has 18 heavy (non-hydrogen) atoms. The minimum absolute atomic E-state index is 0.0836. The van der Waals surface area contributed by atoms with Crippen molar-refractivity contribution in [2.75, 3.05) is 6.66 Å². The second-order valence-electron chi connectivity index (χ2n) is 8.48. The van der Waals surface area contributed by atoms with Crippen LogP contribution in [0.1, 0.15) is 62.3 Å². The molecule has 0 aromatic rings. The van der Waals surface area contributed by atoms with Gasteiger partial charge in [0, 0.05) is 4.90 Å². The van der Waals surface area contributed by atoms with Crippen molar-refractivity contribution >= 4 is 37.0 Å². The zero-order chi connectivity index (χ0) is 15.2. The van der Waals surface area contributed by atoms with E-state index in [1.54, 1.807) is 0 Å². The molecule has 0 nitrogen and oxygen atoms in total. The van der Waals surface area contributed by atoms with Crippen molar-refractivity contribution in [2.45, 2.75) is 72.4 Å². The molecule has 0 heterocycles. The third kappa shape index (κ3) is 2.83. The first-order valence-electron chi connectivity index (χ1n) is 6.60. The highest BCUT2D eigenvalue weighted by atomic mass is 32.5. The smallest absolute Gasteiger partial charge is 0.0335 e. The molecule has 0 radical (unpaired) electrons. The maximum atomic E-state index is 6.28. The summed E-state index contributed by atoms with van der Waals surface area (Å²) in [5.41, 5.74) is 0.333. The van der Waals surface area contributed by atoms with Crippen LogP contribution in [-0.4, -0.2) is 16.7 Å². The van der Waals surface area contributed by atoms with E-state index >= 15 is 0 Å². The Bertz CT molecular complexity index is 351. The Morgan fingerprint density at radius 2 is 1.06 bits per heavy atom. The van der Waals surface area contributed by atoms with Crippen molar-refractivity contribution in [3.8, 4) is 0 Å². The predicted molar refractivity (Wildman–Crippen MR) is 98.7 cm³/mol. The average Bonchev–Trinajstić information content (AvgIpc) is 1.96. The Morgan fingerprint density at radius 1 is 0.778 bits per heavy atom. The van der Waals surface area contributed by atoms with Crippen LogP contribution in [0.4, 0.5) is 0 Å². The normalized spacial score (nSPS) is 19.2. The van der Waals surface area contributed by atoms with E-state index < -0.39 is 6.04 Å². The minimum Gasteiger partial charge on any atom is -0.103 e. The first-order chi connectivity index (χ1) is 7.56. The Morgan fingerprint density at radius 3 is 1.11 bits per heavy atom. The van der Waals surface area contributed by atoms with E-state index in [-0.39, 0.29) is 28.2 Å². The summed E-state index contributed by atoms with van der Waals surface area (Å²) in [6.07, 6.45) is 0. The summed E-state index contributed by atoms with van der Waals surface area (Å²) in [6.45, 7) is 23.3. The van der Waals surface area contributed by atoms with Crippen LogP contribution in [0.25, 0.3) is 0 Å². The van der Waals surface area contributed by atoms with Gasteiger partial charge in [0.25, 0.3) is 0 Å². The molecular weight excluding hydrogens is 294 g/mol. The summed E-state index contributed by atoms with van der Waals surface area (Å²) in [4.78, 5) is 0.121. The van der Waals surface area contributed by atoms with Crippen molar-refractivity contribution in [2.24, 2.45) is 10.8 Å². The van der Waals surface area contributed by atoms with Gasteiger partial charge in [-0.2, -0.15) is 0 Å². The summed E-state index contributed by atoms with van der Waals surface area (Å²) in [5.74, 6) is 0. The van der Waals surface area contributed by atoms with E-state index in [2.05, 4.69) is 69.0 Å². The van der Waals surface area contributed by atoms with Gasteiger partial charge in [0.2, 0.25) is 0 Å². The monoisotopic (exact) mass is 326 g/mol. The van der Waals surface area contributed by atoms with E-state index in [0.29, 0.717) is 0 Å². The first-order valence-corrected chi connectivity index (χ1v) is 12.3. The van der Waals surface area contributed by atoms with Crippen molar-refractivity contribution < 1.29 is 0 Å². The van der Waals surface area contributed by atoms with Gasteiger partial charge in [-0.3, -0.25) is 0 Å². The van der Waals surface area contributed by atoms with Crippen LogP contribution < -0.4 is 0 Å². The lowest BCUT2D eigenvalue weighted by Crippen LogP contribution is -2.51. The molecule has 0 aromatic carbocycles. The lowest BCUT2D eigenvalue weighted by atomic mass is 9.76. The van der Waals surface area contributed by atoms with Crippen LogP contribution in [0.2, 0.25) is 0 Å². The number of hydrogen-bond donors (Lipinski definition) is 0. The van der Waals surface area contributed by atoms with Gasteiger partial charge < -0.3 is 0 Å². The van der Waals surface area contributed by atoms with Gasteiger partial charge in [0.15, 0.2) is 0 Å². The molecule has 1 unspecified atom stereocenters. The van der Waals surface area contributed by atoms with Gasteiger partial charge >= 0.3 is 0 Å². The van der Waals surface area contributed by atoms with Gasteiger partial charge in [-0.1, -0.05) is 81.5 Å². The van der Waals surface area contributed by atoms with Crippen molar-refractivity contribution in [3.63, 3.8) is 0 Å². The standard InChI is InChI=1S/C14H32P2S2/c1-11(2,3)14(15-17,12(4,5)6)16(10,18)13(7,8)9/h15H2,1-10H3/t16-/m1/s1. The second-order valence-corrected chi connectivity index (χ2v) is 16.9. The highest BCUT2D eigenvalue weighted by molar-refractivity contribution is 8.19. The van der Waals surface area contributed by atoms with Crippen LogP contribution in [0.5, 0.6) is 0 Å². The molecule has 0 N–H and O–H groups in total. The molecule has 2 atom stereocenters. The summed E-state index contributed by atoms with van der Waals surface area (Å²) in [6, 6.07) is -1.59. The zero-order valence-electron chi connectivity index (χ0n) is 13.8. The molecule has 0 spiro atoms. The van der Waals surface area contributed by atoms with Crippen molar-refractivity contribution in [3.05, 3.63) is 0 Å². The van der Waals surface area contributed by atoms with Crippen molar-refractivity contribution in [1.29, 1.82) is 0 Å². The lowest BCUT2D eigenvalue weighted by Gasteiger charge is -2.60. The van der Waals surface area contributed by atoms with E-state index in [1.807, 2.05) is 0 Å². The lowest BCUT2D eigenvalue weighted by molar-refractivity contribution is 0.212. The molecule has 0 aliphatic rings. The molecule has 0 aliphatic heterocycles. The Kier molecular flexibility index (Phi) is 5.63. The molecule has 0 aromatic heterocycles. The number of hydrogen-bond acceptors (Lipinski definition) is 2. The molecule has 0 saturated heterocycles. The Balaban J connectivity index is 6.47. The molecule has 110 valence electrons. The topological polar surface area (TPSA) is 0 Å². The molecular formula is C14H32P2S2. The van der Waals surface area contributed by atoms with Crippen molar-refractivity contribution in [1.82, 2.24) is 0 Å². The van der Waals surface area contributed by atoms with Gasteiger partial charge in [-0.15, -0.1) is 11.8 Å². The fraction of sp³-hybridized carbons (Fsp3) is 1.00. The van der Waals surface area contributed by atoms with Gasteiger partial charge in [0.05, 0.1) is 0 Å². The van der Waals surface area contributed by atoms with E-state index in [9.17, 15) is 0 Å². The molecule has 0 rings (SSSR count). The Labute approximate surface area is 127 Å². The molecule has 0 bridgehead atoms. The molecule has 0 fully saturated rings.